The van der Waals surface area contributed by atoms with Gasteiger partial charge >= 0.3 is 0 Å². The number of fused-ring (bicyclic) bond motifs is 1. The minimum absolute atomic E-state index is 0.0320. The van der Waals surface area contributed by atoms with Crippen LogP contribution in [0.4, 0.5) is 5.82 Å². The fraction of sp³-hybridized carbons (Fsp3) is 0.538. The van der Waals surface area contributed by atoms with Crippen molar-refractivity contribution in [1.29, 1.82) is 0 Å². The number of rotatable bonds is 5. The largest absolute Gasteiger partial charge is 0.394 e. The van der Waals surface area contributed by atoms with Gasteiger partial charge < -0.3 is 36.6 Å². The van der Waals surface area contributed by atoms with Crippen molar-refractivity contribution in [2.45, 2.75) is 30.1 Å². The van der Waals surface area contributed by atoms with Gasteiger partial charge in [-0.25, -0.2) is 15.0 Å². The minimum atomic E-state index is -2.25. The molecule has 0 saturated carbocycles. The first-order chi connectivity index (χ1) is 11.9. The number of ketones is 1. The second-order valence-corrected chi connectivity index (χ2v) is 5.67. The van der Waals surface area contributed by atoms with Gasteiger partial charge in [0.2, 0.25) is 11.5 Å². The summed E-state index contributed by atoms with van der Waals surface area (Å²) in [7, 11) is 0. The molecule has 0 radical (unpaired) electrons. The molecule has 0 bridgehead atoms. The quantitative estimate of drug-likeness (QED) is 0.306. The molecule has 2 aromatic rings. The van der Waals surface area contributed by atoms with E-state index in [1.54, 1.807) is 0 Å². The first-order valence-corrected chi connectivity index (χ1v) is 7.38. The van der Waals surface area contributed by atoms with Crippen molar-refractivity contribution >= 4 is 22.8 Å². The SMILES string of the molecule is Nc1ncnc2c1ncn2[C@]1(C(=O)[C@@H](N)CO)O[C@H](CO)[C@@H](O)[C@H]1O. The number of hydrogen-bond acceptors (Lipinski definition) is 11. The van der Waals surface area contributed by atoms with Gasteiger partial charge in [0.15, 0.2) is 11.5 Å². The smallest absolute Gasteiger partial charge is 0.238 e. The fourth-order valence-corrected chi connectivity index (χ4v) is 2.92. The molecule has 0 aromatic carbocycles. The molecule has 12 nitrogen and oxygen atoms in total. The number of Topliss-reactive ketones (excluding diaryl/α,β-unsaturated/α-hetero) is 1. The average Bonchev–Trinajstić information content (AvgIpc) is 3.16. The summed E-state index contributed by atoms with van der Waals surface area (Å²) < 4.78 is 6.60. The van der Waals surface area contributed by atoms with Crippen LogP contribution in [0, 0.1) is 0 Å². The Morgan fingerprint density at radius 1 is 1.36 bits per heavy atom. The van der Waals surface area contributed by atoms with Gasteiger partial charge in [-0.05, 0) is 0 Å². The van der Waals surface area contributed by atoms with Crippen molar-refractivity contribution in [3.8, 4) is 0 Å². The Bertz CT molecular complexity index is 798. The third-order valence-corrected chi connectivity index (χ3v) is 4.22. The summed E-state index contributed by atoms with van der Waals surface area (Å²) in [6.07, 6.45) is -2.39. The number of nitrogen functional groups attached to an aromatic ring is 1. The fourth-order valence-electron chi connectivity index (χ4n) is 2.92. The molecule has 0 aliphatic carbocycles. The number of aliphatic hydroxyl groups excluding tert-OH is 4. The van der Waals surface area contributed by atoms with Gasteiger partial charge in [0, 0.05) is 0 Å². The van der Waals surface area contributed by atoms with E-state index in [-0.39, 0.29) is 17.0 Å². The van der Waals surface area contributed by atoms with Crippen LogP contribution in [0.3, 0.4) is 0 Å². The standard InChI is InChI=1S/C13H18N6O6/c14-5(1-20)9(23)13(10(24)8(22)6(2-21)25-13)19-4-18-7-11(15)16-3-17-12(7)19/h3-6,8,10,20-22,24H,1-2,14H2,(H2,15,16,17)/t5-,6+,8+,10+,13+/m0/s1. The van der Waals surface area contributed by atoms with Gasteiger partial charge in [-0.2, -0.15) is 0 Å². The van der Waals surface area contributed by atoms with Crippen LogP contribution in [0.2, 0.25) is 0 Å². The molecular formula is C13H18N6O6. The third kappa shape index (κ3) is 2.38. The number of aliphatic hydroxyl groups is 4. The first-order valence-electron chi connectivity index (χ1n) is 7.38. The lowest BCUT2D eigenvalue weighted by atomic mass is 9.94. The van der Waals surface area contributed by atoms with Crippen LogP contribution in [0.15, 0.2) is 12.7 Å². The van der Waals surface area contributed by atoms with Crippen LogP contribution in [0.1, 0.15) is 0 Å². The number of nitrogens with zero attached hydrogens (tertiary/aromatic N) is 4. The molecule has 0 amide bonds. The van der Waals surface area contributed by atoms with E-state index < -0.39 is 49.1 Å². The molecule has 2 aromatic heterocycles. The second kappa shape index (κ2) is 6.25. The Morgan fingerprint density at radius 3 is 2.68 bits per heavy atom. The number of anilines is 1. The lowest BCUT2D eigenvalue weighted by Crippen LogP contribution is -2.58. The highest BCUT2D eigenvalue weighted by molar-refractivity contribution is 5.93. The van der Waals surface area contributed by atoms with Crippen LogP contribution >= 0.6 is 0 Å². The molecule has 0 unspecified atom stereocenters. The van der Waals surface area contributed by atoms with Crippen LogP contribution in [0.5, 0.6) is 0 Å². The molecular weight excluding hydrogens is 336 g/mol. The van der Waals surface area contributed by atoms with Gasteiger partial charge in [-0.1, -0.05) is 0 Å². The molecule has 0 spiro atoms. The number of aromatic nitrogens is 4. The molecule has 1 fully saturated rings. The van der Waals surface area contributed by atoms with E-state index in [1.165, 1.54) is 0 Å². The summed E-state index contributed by atoms with van der Waals surface area (Å²) in [6, 6.07) is -1.42. The highest BCUT2D eigenvalue weighted by atomic mass is 16.6. The third-order valence-electron chi connectivity index (χ3n) is 4.22. The summed E-state index contributed by atoms with van der Waals surface area (Å²) in [5.74, 6) is -0.890. The zero-order valence-electron chi connectivity index (χ0n) is 12.9. The molecule has 25 heavy (non-hydrogen) atoms. The normalized spacial score (nSPS) is 30.7. The molecule has 136 valence electrons. The maximum Gasteiger partial charge on any atom is 0.238 e. The van der Waals surface area contributed by atoms with E-state index in [0.717, 1.165) is 17.2 Å². The van der Waals surface area contributed by atoms with Crippen molar-refractivity contribution in [3.63, 3.8) is 0 Å². The Morgan fingerprint density at radius 2 is 2.08 bits per heavy atom. The topological polar surface area (TPSA) is 203 Å². The van der Waals surface area contributed by atoms with Crippen LogP contribution in [-0.2, 0) is 15.3 Å². The summed E-state index contributed by atoms with van der Waals surface area (Å²) in [5.41, 5.74) is 9.30. The number of imidazole rings is 1. The average molecular weight is 354 g/mol. The van der Waals surface area contributed by atoms with Gasteiger partial charge in [0.1, 0.15) is 36.5 Å². The first kappa shape index (κ1) is 17.6. The number of hydrogen-bond donors (Lipinski definition) is 6. The summed E-state index contributed by atoms with van der Waals surface area (Å²) in [4.78, 5) is 24.6. The maximum atomic E-state index is 12.9. The van der Waals surface area contributed by atoms with Crippen molar-refractivity contribution < 1.29 is 30.0 Å². The number of ether oxygens (including phenoxy) is 1. The summed E-state index contributed by atoms with van der Waals surface area (Å²) in [6.45, 7) is -1.38. The van der Waals surface area contributed by atoms with Crippen molar-refractivity contribution in [3.05, 3.63) is 12.7 Å². The minimum Gasteiger partial charge on any atom is -0.394 e. The Labute approximate surface area is 140 Å². The van der Waals surface area contributed by atoms with Crippen molar-refractivity contribution in [1.82, 2.24) is 19.5 Å². The summed E-state index contributed by atoms with van der Waals surface area (Å²) >= 11 is 0. The molecule has 1 aliphatic rings. The number of carbonyl (C=O) groups excluding carboxylic acids is 1. The Hall–Kier alpha value is -2.22. The van der Waals surface area contributed by atoms with E-state index in [9.17, 15) is 25.2 Å². The monoisotopic (exact) mass is 354 g/mol. The highest BCUT2D eigenvalue weighted by Gasteiger charge is 2.61. The second-order valence-electron chi connectivity index (χ2n) is 5.67. The van der Waals surface area contributed by atoms with E-state index in [4.69, 9.17) is 16.2 Å². The zero-order chi connectivity index (χ0) is 18.4. The van der Waals surface area contributed by atoms with Crippen molar-refractivity contribution in [2.24, 2.45) is 5.73 Å². The molecule has 12 heteroatoms. The molecule has 5 atom stereocenters. The predicted octanol–water partition coefficient (Wildman–Crippen LogP) is -3.94. The van der Waals surface area contributed by atoms with E-state index in [2.05, 4.69) is 15.0 Å². The van der Waals surface area contributed by atoms with Crippen LogP contribution < -0.4 is 11.5 Å². The maximum absolute atomic E-state index is 12.9. The zero-order valence-corrected chi connectivity index (χ0v) is 12.9. The lowest BCUT2D eigenvalue weighted by molar-refractivity contribution is -0.176. The van der Waals surface area contributed by atoms with E-state index in [0.29, 0.717) is 0 Å². The number of carbonyl (C=O) groups is 1. The molecule has 8 N–H and O–H groups in total. The lowest BCUT2D eigenvalue weighted by Gasteiger charge is -2.33. The summed E-state index contributed by atoms with van der Waals surface area (Å²) in [5, 5.41) is 39.3. The van der Waals surface area contributed by atoms with Crippen LogP contribution in [-0.4, -0.2) is 83.3 Å². The molecule has 3 rings (SSSR count). The molecule has 3 heterocycles. The van der Waals surface area contributed by atoms with Crippen molar-refractivity contribution in [2.75, 3.05) is 18.9 Å². The van der Waals surface area contributed by atoms with E-state index >= 15 is 0 Å². The van der Waals surface area contributed by atoms with Gasteiger partial charge in [-0.15, -0.1) is 0 Å². The molecule has 1 aliphatic heterocycles. The molecule has 1 saturated heterocycles. The predicted molar refractivity (Wildman–Crippen MR) is 81.8 cm³/mol. The highest BCUT2D eigenvalue weighted by Crippen LogP contribution is 2.39. The number of nitrogens with two attached hydrogens (primary N) is 2. The van der Waals surface area contributed by atoms with E-state index in [1.807, 2.05) is 0 Å². The van der Waals surface area contributed by atoms with Crippen LogP contribution in [0.25, 0.3) is 11.2 Å². The van der Waals surface area contributed by atoms with Gasteiger partial charge in [0.25, 0.3) is 0 Å². The Balaban J connectivity index is 2.25. The van der Waals surface area contributed by atoms with Gasteiger partial charge in [0.05, 0.1) is 19.3 Å². The van der Waals surface area contributed by atoms with Gasteiger partial charge in [-0.3, -0.25) is 9.36 Å². The Kier molecular flexibility index (Phi) is 4.40.